The molecule has 164 valence electrons. The molecule has 1 aromatic heterocycles. The molecule has 0 atom stereocenters. The van der Waals surface area contributed by atoms with Gasteiger partial charge in [-0.3, -0.25) is 4.79 Å². The molecule has 2 N–H and O–H groups in total. The highest BCUT2D eigenvalue weighted by molar-refractivity contribution is 7.89. The van der Waals surface area contributed by atoms with Crippen LogP contribution in [0.5, 0.6) is 0 Å². The molecule has 1 saturated heterocycles. The molecule has 3 aromatic carbocycles. The van der Waals surface area contributed by atoms with E-state index in [0.717, 1.165) is 10.8 Å². The Morgan fingerprint density at radius 2 is 1.75 bits per heavy atom. The van der Waals surface area contributed by atoms with Gasteiger partial charge in [0.2, 0.25) is 10.0 Å². The molecular weight excluding hydrogens is 448 g/mol. The summed E-state index contributed by atoms with van der Waals surface area (Å²) in [5, 5.41) is 2.95. The molecule has 5 rings (SSSR count). The number of sulfonamides is 1. The number of hydrogen-bond acceptors (Lipinski definition) is 4. The van der Waals surface area contributed by atoms with Crippen LogP contribution in [0, 0.1) is 0 Å². The van der Waals surface area contributed by atoms with Gasteiger partial charge >= 0.3 is 0 Å². The van der Waals surface area contributed by atoms with Crippen molar-refractivity contribution in [3.05, 3.63) is 81.9 Å². The molecule has 9 heteroatoms. The summed E-state index contributed by atoms with van der Waals surface area (Å²) in [6.07, 6.45) is 0. The monoisotopic (exact) mass is 469 g/mol. The van der Waals surface area contributed by atoms with Crippen molar-refractivity contribution >= 4 is 43.3 Å². The maximum atomic E-state index is 13.2. The van der Waals surface area contributed by atoms with Crippen LogP contribution < -0.4 is 10.5 Å². The predicted molar refractivity (Wildman–Crippen MR) is 124 cm³/mol. The smallest absolute Gasteiger partial charge is 0.258 e. The van der Waals surface area contributed by atoms with Crippen molar-refractivity contribution in [2.24, 2.45) is 0 Å². The molecule has 4 aromatic rings. The van der Waals surface area contributed by atoms with Gasteiger partial charge in [0.05, 0.1) is 42.0 Å². The van der Waals surface area contributed by atoms with E-state index in [1.165, 1.54) is 9.21 Å². The number of piperazine rings is 1. The maximum absolute atomic E-state index is 13.2. The summed E-state index contributed by atoms with van der Waals surface area (Å²) >= 11 is 6.04. The summed E-state index contributed by atoms with van der Waals surface area (Å²) in [6.45, 7) is 2.60. The fraction of sp³-hybridized carbons (Fsp3) is 0.217. The van der Waals surface area contributed by atoms with Crippen molar-refractivity contribution in [3.8, 4) is 0 Å². The van der Waals surface area contributed by atoms with Crippen molar-refractivity contribution in [3.63, 3.8) is 0 Å². The summed E-state index contributed by atoms with van der Waals surface area (Å²) in [5.74, 6) is 0.575. The summed E-state index contributed by atoms with van der Waals surface area (Å²) in [7, 11) is -3.56. The van der Waals surface area contributed by atoms with Gasteiger partial charge in [-0.05, 0) is 41.1 Å². The van der Waals surface area contributed by atoms with Crippen LogP contribution in [0.25, 0.3) is 21.7 Å². The lowest BCUT2D eigenvalue weighted by Crippen LogP contribution is -3.13. The Morgan fingerprint density at radius 1 is 1.00 bits per heavy atom. The molecule has 0 amide bonds. The van der Waals surface area contributed by atoms with Gasteiger partial charge in [0.1, 0.15) is 6.54 Å². The highest BCUT2D eigenvalue weighted by Crippen LogP contribution is 2.22. The van der Waals surface area contributed by atoms with E-state index < -0.39 is 10.0 Å². The summed E-state index contributed by atoms with van der Waals surface area (Å²) in [5.41, 5.74) is 0.367. The molecule has 0 radical (unpaired) electrons. The third-order valence-corrected chi connectivity index (χ3v) is 8.05. The first-order valence-corrected chi connectivity index (χ1v) is 12.2. The summed E-state index contributed by atoms with van der Waals surface area (Å²) in [6, 6.07) is 18.0. The van der Waals surface area contributed by atoms with Crippen LogP contribution in [0.4, 0.5) is 0 Å². The first-order chi connectivity index (χ1) is 15.4. The summed E-state index contributed by atoms with van der Waals surface area (Å²) in [4.78, 5) is 21.2. The van der Waals surface area contributed by atoms with E-state index in [1.54, 1.807) is 30.3 Å². The molecule has 1 aliphatic heterocycles. The highest BCUT2D eigenvalue weighted by Gasteiger charge is 2.30. The Bertz CT molecular complexity index is 1480. The van der Waals surface area contributed by atoms with Gasteiger partial charge in [0.15, 0.2) is 5.82 Å². The molecule has 2 heterocycles. The van der Waals surface area contributed by atoms with E-state index in [4.69, 9.17) is 11.6 Å². The molecule has 0 spiro atoms. The number of aromatic nitrogens is 2. The molecule has 32 heavy (non-hydrogen) atoms. The first kappa shape index (κ1) is 21.1. The van der Waals surface area contributed by atoms with Crippen molar-refractivity contribution < 1.29 is 13.3 Å². The SMILES string of the molecule is O=c1[nH]c(C[NH+]2CCN(S(=O)(=O)c3ccc4ccccc4c3)CC2)nc2cc(Cl)ccc12. The predicted octanol–water partition coefficient (Wildman–Crippen LogP) is 1.82. The topological polar surface area (TPSA) is 87.6 Å². The van der Waals surface area contributed by atoms with Gasteiger partial charge in [0, 0.05) is 5.02 Å². The van der Waals surface area contributed by atoms with Gasteiger partial charge in [0.25, 0.3) is 5.56 Å². The van der Waals surface area contributed by atoms with Crippen molar-refractivity contribution in [2.75, 3.05) is 26.2 Å². The highest BCUT2D eigenvalue weighted by atomic mass is 35.5. The molecule has 0 unspecified atom stereocenters. The first-order valence-electron chi connectivity index (χ1n) is 10.4. The number of fused-ring (bicyclic) bond motifs is 2. The van der Waals surface area contributed by atoms with Crippen LogP contribution in [0.2, 0.25) is 5.02 Å². The van der Waals surface area contributed by atoms with Crippen LogP contribution >= 0.6 is 11.6 Å². The molecule has 7 nitrogen and oxygen atoms in total. The van der Waals surface area contributed by atoms with E-state index in [-0.39, 0.29) is 5.56 Å². The van der Waals surface area contributed by atoms with Crippen LogP contribution in [0.3, 0.4) is 0 Å². The second kappa shape index (κ2) is 8.29. The number of halogens is 1. The average Bonchev–Trinajstić information content (AvgIpc) is 2.79. The minimum Gasteiger partial charge on any atom is -0.326 e. The third-order valence-electron chi connectivity index (χ3n) is 5.92. The number of hydrogen-bond donors (Lipinski definition) is 2. The molecule has 0 aliphatic carbocycles. The minimum atomic E-state index is -3.56. The minimum absolute atomic E-state index is 0.196. The van der Waals surface area contributed by atoms with Crippen LogP contribution in [-0.4, -0.2) is 48.9 Å². The zero-order chi connectivity index (χ0) is 22.3. The number of quaternary nitrogens is 1. The zero-order valence-corrected chi connectivity index (χ0v) is 18.8. The summed E-state index contributed by atoms with van der Waals surface area (Å²) < 4.78 is 27.9. The van der Waals surface area contributed by atoms with Crippen molar-refractivity contribution in [1.29, 1.82) is 0 Å². The molecular formula is C23H22ClN4O3S+. The van der Waals surface area contributed by atoms with Gasteiger partial charge < -0.3 is 9.88 Å². The Labute approximate surface area is 190 Å². The lowest BCUT2D eigenvalue weighted by molar-refractivity contribution is -0.917. The van der Waals surface area contributed by atoms with E-state index in [0.29, 0.717) is 59.4 Å². The maximum Gasteiger partial charge on any atom is 0.258 e. The lowest BCUT2D eigenvalue weighted by Gasteiger charge is -2.31. The number of nitrogens with zero attached hydrogens (tertiary/aromatic N) is 2. The van der Waals surface area contributed by atoms with Gasteiger partial charge in [-0.15, -0.1) is 0 Å². The van der Waals surface area contributed by atoms with E-state index in [2.05, 4.69) is 9.97 Å². The van der Waals surface area contributed by atoms with E-state index >= 15 is 0 Å². The number of H-pyrrole nitrogens is 1. The molecule has 0 bridgehead atoms. The zero-order valence-electron chi connectivity index (χ0n) is 17.2. The van der Waals surface area contributed by atoms with Crippen LogP contribution in [-0.2, 0) is 16.6 Å². The normalized spacial score (nSPS) is 16.0. The largest absolute Gasteiger partial charge is 0.326 e. The molecule has 1 aliphatic rings. The van der Waals surface area contributed by atoms with E-state index in [1.807, 2.05) is 30.3 Å². The fourth-order valence-corrected chi connectivity index (χ4v) is 5.82. The van der Waals surface area contributed by atoms with E-state index in [9.17, 15) is 13.2 Å². The van der Waals surface area contributed by atoms with Crippen LogP contribution in [0.15, 0.2) is 70.4 Å². The Kier molecular flexibility index (Phi) is 5.46. The van der Waals surface area contributed by atoms with Gasteiger partial charge in [-0.25, -0.2) is 13.4 Å². The Morgan fingerprint density at radius 3 is 2.53 bits per heavy atom. The quantitative estimate of drug-likeness (QED) is 0.477. The lowest BCUT2D eigenvalue weighted by atomic mass is 10.1. The molecule has 0 saturated carbocycles. The van der Waals surface area contributed by atoms with Crippen molar-refractivity contribution in [1.82, 2.24) is 14.3 Å². The third kappa shape index (κ3) is 4.02. The number of aromatic amines is 1. The van der Waals surface area contributed by atoms with Crippen molar-refractivity contribution in [2.45, 2.75) is 11.4 Å². The standard InChI is InChI=1S/C23H21ClN4O3S/c24-18-6-8-20-21(14-18)25-22(26-23(20)29)15-27-9-11-28(12-10-27)32(30,31)19-7-5-16-3-1-2-4-17(16)13-19/h1-8,13-14H,9-12,15H2,(H,25,26,29)/p+1. The van der Waals surface area contributed by atoms with Gasteiger partial charge in [-0.2, -0.15) is 4.31 Å². The fourth-order valence-electron chi connectivity index (χ4n) is 4.18. The van der Waals surface area contributed by atoms with Crippen LogP contribution in [0.1, 0.15) is 5.82 Å². The number of nitrogens with one attached hydrogen (secondary N) is 2. The number of rotatable bonds is 4. The number of benzene rings is 3. The molecule has 1 fully saturated rings. The average molecular weight is 470 g/mol. The Hall–Kier alpha value is -2.78. The Balaban J connectivity index is 1.30. The second-order valence-electron chi connectivity index (χ2n) is 8.01. The van der Waals surface area contributed by atoms with Gasteiger partial charge in [-0.1, -0.05) is 41.9 Å². The second-order valence-corrected chi connectivity index (χ2v) is 10.4.